The normalized spacial score (nSPS) is 14.8. The van der Waals surface area contributed by atoms with Crippen LogP contribution in [0.5, 0.6) is 0 Å². The van der Waals surface area contributed by atoms with Gasteiger partial charge in [-0.15, -0.1) is 6.42 Å². The first kappa shape index (κ1) is 16.0. The molecule has 0 atom stereocenters. The summed E-state index contributed by atoms with van der Waals surface area (Å²) in [5.41, 5.74) is 0.694. The zero-order valence-electron chi connectivity index (χ0n) is 12.1. The number of hydrogen-bond donors (Lipinski definition) is 0. The van der Waals surface area contributed by atoms with E-state index in [4.69, 9.17) is 6.42 Å². The van der Waals surface area contributed by atoms with E-state index in [2.05, 4.69) is 5.92 Å². The fraction of sp³-hybridized carbons (Fsp3) is 0.412. The second-order valence-electron chi connectivity index (χ2n) is 4.44. The lowest BCUT2D eigenvalue weighted by atomic mass is 9.92. The van der Waals surface area contributed by atoms with E-state index in [1.807, 2.05) is 32.0 Å². The second kappa shape index (κ2) is 8.16. The van der Waals surface area contributed by atoms with Gasteiger partial charge < -0.3 is 4.90 Å². The number of Topliss-reactive ketones (excluding diaryl/α,β-unsaturated/α-hetero) is 1. The standard InChI is InChI=1S/C15H15NO2.C2H6/c1-2-14(17)12-8-10-16(11-9-12)15(18)13-6-4-3-5-7-13;1-2/h1,3-7,12H,8-11H2;1-2H3. The first-order chi connectivity index (χ1) is 9.72. The lowest BCUT2D eigenvalue weighted by Crippen LogP contribution is -2.40. The minimum atomic E-state index is -0.137. The van der Waals surface area contributed by atoms with Crippen LogP contribution in [0.4, 0.5) is 0 Å². The molecule has 2 rings (SSSR count). The van der Waals surface area contributed by atoms with E-state index in [9.17, 15) is 9.59 Å². The molecule has 0 aromatic heterocycles. The molecule has 0 N–H and O–H groups in total. The summed E-state index contributed by atoms with van der Waals surface area (Å²) in [5.74, 6) is 1.99. The fourth-order valence-corrected chi connectivity index (χ4v) is 2.23. The first-order valence-corrected chi connectivity index (χ1v) is 7.07. The highest BCUT2D eigenvalue weighted by atomic mass is 16.2. The summed E-state index contributed by atoms with van der Waals surface area (Å²) >= 11 is 0. The lowest BCUT2D eigenvalue weighted by Gasteiger charge is -2.30. The number of carbonyl (C=O) groups excluding carboxylic acids is 2. The van der Waals surface area contributed by atoms with Crippen molar-refractivity contribution in [3.05, 3.63) is 35.9 Å². The SMILES string of the molecule is C#CC(=O)C1CCN(C(=O)c2ccccc2)CC1.CC. The lowest BCUT2D eigenvalue weighted by molar-refractivity contribution is -0.118. The molecule has 0 aliphatic carbocycles. The van der Waals surface area contributed by atoms with Crippen molar-refractivity contribution in [2.75, 3.05) is 13.1 Å². The molecule has 1 aromatic carbocycles. The summed E-state index contributed by atoms with van der Waals surface area (Å²) in [5, 5.41) is 0. The van der Waals surface area contributed by atoms with E-state index in [1.54, 1.807) is 17.0 Å². The molecule has 1 aliphatic heterocycles. The van der Waals surface area contributed by atoms with Crippen LogP contribution in [0.25, 0.3) is 0 Å². The molecular formula is C17H21NO2. The Morgan fingerprint density at radius 3 is 2.20 bits per heavy atom. The van der Waals surface area contributed by atoms with Gasteiger partial charge in [0.2, 0.25) is 5.78 Å². The number of rotatable bonds is 2. The zero-order chi connectivity index (χ0) is 15.0. The van der Waals surface area contributed by atoms with E-state index < -0.39 is 0 Å². The molecule has 1 saturated heterocycles. The third-order valence-corrected chi connectivity index (χ3v) is 3.32. The number of carbonyl (C=O) groups is 2. The first-order valence-electron chi connectivity index (χ1n) is 7.07. The van der Waals surface area contributed by atoms with Crippen LogP contribution in [0.15, 0.2) is 30.3 Å². The highest BCUT2D eigenvalue weighted by Crippen LogP contribution is 2.19. The van der Waals surface area contributed by atoms with Crippen LogP contribution in [0.3, 0.4) is 0 Å². The Bertz CT molecular complexity index is 479. The second-order valence-corrected chi connectivity index (χ2v) is 4.44. The highest BCUT2D eigenvalue weighted by Gasteiger charge is 2.26. The number of hydrogen-bond acceptors (Lipinski definition) is 2. The smallest absolute Gasteiger partial charge is 0.253 e. The van der Waals surface area contributed by atoms with Gasteiger partial charge >= 0.3 is 0 Å². The van der Waals surface area contributed by atoms with Gasteiger partial charge in [0.1, 0.15) is 0 Å². The van der Waals surface area contributed by atoms with Crippen LogP contribution in [0, 0.1) is 18.3 Å². The molecule has 1 amide bonds. The summed E-state index contributed by atoms with van der Waals surface area (Å²) in [6, 6.07) is 9.19. The Morgan fingerprint density at radius 2 is 1.70 bits per heavy atom. The molecule has 0 spiro atoms. The van der Waals surface area contributed by atoms with Gasteiger partial charge in [0.25, 0.3) is 5.91 Å². The van der Waals surface area contributed by atoms with Crippen molar-refractivity contribution < 1.29 is 9.59 Å². The summed E-state index contributed by atoms with van der Waals surface area (Å²) in [4.78, 5) is 25.3. The molecule has 0 unspecified atom stereocenters. The van der Waals surface area contributed by atoms with E-state index in [0.717, 1.165) is 0 Å². The zero-order valence-corrected chi connectivity index (χ0v) is 12.1. The number of amides is 1. The summed E-state index contributed by atoms with van der Waals surface area (Å²) < 4.78 is 0. The number of benzene rings is 1. The maximum absolute atomic E-state index is 12.1. The van der Waals surface area contributed by atoms with Crippen molar-refractivity contribution in [3.63, 3.8) is 0 Å². The van der Waals surface area contributed by atoms with Gasteiger partial charge in [0.05, 0.1) is 0 Å². The van der Waals surface area contributed by atoms with E-state index in [0.29, 0.717) is 31.5 Å². The summed E-state index contributed by atoms with van der Waals surface area (Å²) in [6.07, 6.45) is 6.44. The van der Waals surface area contributed by atoms with Crippen LogP contribution < -0.4 is 0 Å². The number of piperidine rings is 1. The van der Waals surface area contributed by atoms with E-state index in [-0.39, 0.29) is 17.6 Å². The molecule has 106 valence electrons. The molecule has 3 nitrogen and oxygen atoms in total. The summed E-state index contributed by atoms with van der Waals surface area (Å²) in [6.45, 7) is 5.21. The van der Waals surface area contributed by atoms with E-state index in [1.165, 1.54) is 0 Å². The molecular weight excluding hydrogens is 250 g/mol. The Hall–Kier alpha value is -2.08. The Labute approximate surface area is 121 Å². The van der Waals surface area contributed by atoms with Gasteiger partial charge in [-0.1, -0.05) is 32.0 Å². The minimum Gasteiger partial charge on any atom is -0.339 e. The van der Waals surface area contributed by atoms with Crippen LogP contribution >= 0.6 is 0 Å². The van der Waals surface area contributed by atoms with Crippen molar-refractivity contribution in [3.8, 4) is 12.3 Å². The molecule has 1 aromatic rings. The van der Waals surface area contributed by atoms with Gasteiger partial charge in [0, 0.05) is 24.6 Å². The monoisotopic (exact) mass is 271 g/mol. The van der Waals surface area contributed by atoms with Crippen molar-refractivity contribution in [1.82, 2.24) is 4.90 Å². The maximum Gasteiger partial charge on any atom is 0.253 e. The molecule has 20 heavy (non-hydrogen) atoms. The van der Waals surface area contributed by atoms with Gasteiger partial charge in [0.15, 0.2) is 0 Å². The number of likely N-dealkylation sites (tertiary alicyclic amines) is 1. The quantitative estimate of drug-likeness (QED) is 0.612. The fourth-order valence-electron chi connectivity index (χ4n) is 2.23. The van der Waals surface area contributed by atoms with Crippen molar-refractivity contribution in [2.45, 2.75) is 26.7 Å². The topological polar surface area (TPSA) is 37.4 Å². The number of terminal acetylenes is 1. The van der Waals surface area contributed by atoms with Gasteiger partial charge in [-0.3, -0.25) is 9.59 Å². The minimum absolute atomic E-state index is 0.0298. The molecule has 1 fully saturated rings. The van der Waals surface area contributed by atoms with Gasteiger partial charge in [-0.05, 0) is 30.9 Å². The van der Waals surface area contributed by atoms with E-state index >= 15 is 0 Å². The van der Waals surface area contributed by atoms with Crippen molar-refractivity contribution in [1.29, 1.82) is 0 Å². The molecule has 0 radical (unpaired) electrons. The Balaban J connectivity index is 0.000000956. The Morgan fingerprint density at radius 1 is 1.15 bits per heavy atom. The third kappa shape index (κ3) is 3.96. The average molecular weight is 271 g/mol. The predicted octanol–water partition coefficient (Wildman–Crippen LogP) is 2.77. The van der Waals surface area contributed by atoms with Crippen LogP contribution in [0.2, 0.25) is 0 Å². The number of nitrogens with zero attached hydrogens (tertiary/aromatic N) is 1. The number of ketones is 1. The Kier molecular flexibility index (Phi) is 6.52. The van der Waals surface area contributed by atoms with Gasteiger partial charge in [-0.25, -0.2) is 0 Å². The van der Waals surface area contributed by atoms with Crippen molar-refractivity contribution in [2.24, 2.45) is 5.92 Å². The molecule has 1 heterocycles. The van der Waals surface area contributed by atoms with Crippen LogP contribution in [-0.2, 0) is 4.79 Å². The predicted molar refractivity (Wildman–Crippen MR) is 80.3 cm³/mol. The average Bonchev–Trinajstić information content (AvgIpc) is 2.56. The molecule has 3 heteroatoms. The highest BCUT2D eigenvalue weighted by molar-refractivity contribution is 5.97. The largest absolute Gasteiger partial charge is 0.339 e. The molecule has 1 aliphatic rings. The summed E-state index contributed by atoms with van der Waals surface area (Å²) in [7, 11) is 0. The maximum atomic E-state index is 12.1. The van der Waals surface area contributed by atoms with Crippen LogP contribution in [0.1, 0.15) is 37.0 Å². The molecule has 0 saturated carbocycles. The molecule has 0 bridgehead atoms. The van der Waals surface area contributed by atoms with Gasteiger partial charge in [-0.2, -0.15) is 0 Å². The van der Waals surface area contributed by atoms with Crippen molar-refractivity contribution >= 4 is 11.7 Å². The third-order valence-electron chi connectivity index (χ3n) is 3.32. The van der Waals surface area contributed by atoms with Crippen LogP contribution in [-0.4, -0.2) is 29.7 Å².